The molecule has 0 saturated carbocycles. The van der Waals surface area contributed by atoms with Crippen LogP contribution in [0.15, 0.2) is 48.5 Å². The van der Waals surface area contributed by atoms with Gasteiger partial charge in [0.1, 0.15) is 0 Å². The SMILES string of the molecule is CC(C)(C)c1ccc(Cc2ccc(Cl)cc2)cc1. The summed E-state index contributed by atoms with van der Waals surface area (Å²) >= 11 is 5.89. The van der Waals surface area contributed by atoms with Gasteiger partial charge in [-0.25, -0.2) is 0 Å². The number of benzene rings is 2. The van der Waals surface area contributed by atoms with Gasteiger partial charge < -0.3 is 0 Å². The van der Waals surface area contributed by atoms with Crippen LogP contribution in [0, 0.1) is 0 Å². The summed E-state index contributed by atoms with van der Waals surface area (Å²) in [4.78, 5) is 0. The molecule has 2 rings (SSSR count). The number of hydrogen-bond donors (Lipinski definition) is 0. The van der Waals surface area contributed by atoms with Gasteiger partial charge in [-0.1, -0.05) is 68.8 Å². The molecule has 0 aliphatic heterocycles. The van der Waals surface area contributed by atoms with Crippen molar-refractivity contribution in [3.8, 4) is 0 Å². The highest BCUT2D eigenvalue weighted by Gasteiger charge is 2.12. The van der Waals surface area contributed by atoms with E-state index in [1.54, 1.807) is 0 Å². The molecule has 0 bridgehead atoms. The maximum absolute atomic E-state index is 5.89. The van der Waals surface area contributed by atoms with Crippen LogP contribution in [0.3, 0.4) is 0 Å². The molecule has 0 aliphatic rings. The molecule has 94 valence electrons. The molecule has 18 heavy (non-hydrogen) atoms. The van der Waals surface area contributed by atoms with E-state index < -0.39 is 0 Å². The summed E-state index contributed by atoms with van der Waals surface area (Å²) < 4.78 is 0. The van der Waals surface area contributed by atoms with Crippen molar-refractivity contribution in [3.63, 3.8) is 0 Å². The Bertz CT molecular complexity index is 501. The van der Waals surface area contributed by atoms with Crippen molar-refractivity contribution in [2.75, 3.05) is 0 Å². The summed E-state index contributed by atoms with van der Waals surface area (Å²) in [5.74, 6) is 0. The topological polar surface area (TPSA) is 0 Å². The molecule has 0 atom stereocenters. The Labute approximate surface area is 115 Å². The highest BCUT2D eigenvalue weighted by Crippen LogP contribution is 2.23. The molecule has 0 aliphatic carbocycles. The molecule has 0 heterocycles. The molecule has 0 unspecified atom stereocenters. The van der Waals surface area contributed by atoms with Gasteiger partial charge in [-0.15, -0.1) is 0 Å². The van der Waals surface area contributed by atoms with Crippen molar-refractivity contribution < 1.29 is 0 Å². The number of hydrogen-bond acceptors (Lipinski definition) is 0. The van der Waals surface area contributed by atoms with Crippen LogP contribution >= 0.6 is 11.6 Å². The second kappa shape index (κ2) is 5.16. The molecule has 0 aromatic heterocycles. The normalized spacial score (nSPS) is 11.6. The third kappa shape index (κ3) is 3.36. The molecule has 2 aromatic rings. The zero-order valence-electron chi connectivity index (χ0n) is 11.2. The summed E-state index contributed by atoms with van der Waals surface area (Å²) in [6.07, 6.45) is 0.960. The summed E-state index contributed by atoms with van der Waals surface area (Å²) in [5.41, 5.74) is 4.23. The van der Waals surface area contributed by atoms with Crippen LogP contribution in [0.1, 0.15) is 37.5 Å². The zero-order chi connectivity index (χ0) is 13.2. The van der Waals surface area contributed by atoms with Crippen molar-refractivity contribution in [1.82, 2.24) is 0 Å². The van der Waals surface area contributed by atoms with Crippen LogP contribution in [0.25, 0.3) is 0 Å². The van der Waals surface area contributed by atoms with Crippen molar-refractivity contribution in [1.29, 1.82) is 0 Å². The van der Waals surface area contributed by atoms with Crippen LogP contribution in [-0.2, 0) is 11.8 Å². The lowest BCUT2D eigenvalue weighted by molar-refractivity contribution is 0.590. The second-order valence-corrected chi connectivity index (χ2v) is 6.19. The maximum Gasteiger partial charge on any atom is 0.0406 e. The van der Waals surface area contributed by atoms with E-state index in [0.29, 0.717) is 0 Å². The lowest BCUT2D eigenvalue weighted by atomic mass is 9.86. The van der Waals surface area contributed by atoms with E-state index in [0.717, 1.165) is 11.4 Å². The van der Waals surface area contributed by atoms with Gasteiger partial charge in [0.2, 0.25) is 0 Å². The first kappa shape index (κ1) is 13.2. The standard InChI is InChI=1S/C17H19Cl/c1-17(2,3)15-8-4-13(5-9-15)12-14-6-10-16(18)11-7-14/h4-11H,12H2,1-3H3. The fraction of sp³-hybridized carbons (Fsp3) is 0.294. The lowest BCUT2D eigenvalue weighted by Gasteiger charge is -2.19. The summed E-state index contributed by atoms with van der Waals surface area (Å²) in [7, 11) is 0. The Morgan fingerprint density at radius 3 is 1.67 bits per heavy atom. The smallest absolute Gasteiger partial charge is 0.0406 e. The van der Waals surface area contributed by atoms with Crippen LogP contribution in [0.2, 0.25) is 5.02 Å². The molecule has 0 saturated heterocycles. The van der Waals surface area contributed by atoms with Gasteiger partial charge in [-0.3, -0.25) is 0 Å². The lowest BCUT2D eigenvalue weighted by Crippen LogP contribution is -2.10. The molecule has 0 radical (unpaired) electrons. The first-order valence-electron chi connectivity index (χ1n) is 6.29. The molecule has 1 heteroatoms. The van der Waals surface area contributed by atoms with E-state index in [-0.39, 0.29) is 5.41 Å². The average Bonchev–Trinajstić information content (AvgIpc) is 2.32. The molecule has 0 amide bonds. The van der Waals surface area contributed by atoms with Crippen LogP contribution < -0.4 is 0 Å². The quantitative estimate of drug-likeness (QED) is 0.692. The van der Waals surface area contributed by atoms with Crippen LogP contribution in [0.5, 0.6) is 0 Å². The zero-order valence-corrected chi connectivity index (χ0v) is 12.0. The number of halogens is 1. The first-order valence-corrected chi connectivity index (χ1v) is 6.67. The average molecular weight is 259 g/mol. The van der Waals surface area contributed by atoms with Crippen LogP contribution in [-0.4, -0.2) is 0 Å². The monoisotopic (exact) mass is 258 g/mol. The van der Waals surface area contributed by atoms with Gasteiger partial charge in [-0.05, 0) is 40.7 Å². The van der Waals surface area contributed by atoms with E-state index in [9.17, 15) is 0 Å². The maximum atomic E-state index is 5.89. The van der Waals surface area contributed by atoms with E-state index in [4.69, 9.17) is 11.6 Å². The Balaban J connectivity index is 2.13. The molecule has 0 nitrogen and oxygen atoms in total. The van der Waals surface area contributed by atoms with Gasteiger partial charge >= 0.3 is 0 Å². The molecule has 0 N–H and O–H groups in total. The van der Waals surface area contributed by atoms with Gasteiger partial charge in [0.05, 0.1) is 0 Å². The van der Waals surface area contributed by atoms with Crippen LogP contribution in [0.4, 0.5) is 0 Å². The van der Waals surface area contributed by atoms with E-state index in [1.165, 1.54) is 16.7 Å². The third-order valence-corrected chi connectivity index (χ3v) is 3.39. The fourth-order valence-electron chi connectivity index (χ4n) is 1.96. The summed E-state index contributed by atoms with van der Waals surface area (Å²) in [6.45, 7) is 6.71. The van der Waals surface area contributed by atoms with Gasteiger partial charge in [0, 0.05) is 5.02 Å². The Morgan fingerprint density at radius 1 is 0.778 bits per heavy atom. The largest absolute Gasteiger partial charge is 0.0843 e. The first-order chi connectivity index (χ1) is 8.45. The number of rotatable bonds is 2. The molecular formula is C17H19Cl. The predicted molar refractivity (Wildman–Crippen MR) is 79.4 cm³/mol. The minimum Gasteiger partial charge on any atom is -0.0843 e. The van der Waals surface area contributed by atoms with E-state index >= 15 is 0 Å². The van der Waals surface area contributed by atoms with Gasteiger partial charge in [0.25, 0.3) is 0 Å². The van der Waals surface area contributed by atoms with Crippen molar-refractivity contribution >= 4 is 11.6 Å². The molecule has 0 spiro atoms. The molecule has 2 aromatic carbocycles. The van der Waals surface area contributed by atoms with Crippen molar-refractivity contribution in [2.45, 2.75) is 32.6 Å². The third-order valence-electron chi connectivity index (χ3n) is 3.14. The van der Waals surface area contributed by atoms with E-state index in [2.05, 4.69) is 57.2 Å². The van der Waals surface area contributed by atoms with Crippen molar-refractivity contribution in [2.24, 2.45) is 0 Å². The van der Waals surface area contributed by atoms with Gasteiger partial charge in [-0.2, -0.15) is 0 Å². The highest BCUT2D eigenvalue weighted by molar-refractivity contribution is 6.30. The van der Waals surface area contributed by atoms with Crippen molar-refractivity contribution in [3.05, 3.63) is 70.2 Å². The Hall–Kier alpha value is -1.27. The minimum absolute atomic E-state index is 0.221. The van der Waals surface area contributed by atoms with E-state index in [1.807, 2.05) is 12.1 Å². The van der Waals surface area contributed by atoms with Gasteiger partial charge in [0.15, 0.2) is 0 Å². The Kier molecular flexibility index (Phi) is 3.77. The Morgan fingerprint density at radius 2 is 1.22 bits per heavy atom. The summed E-state index contributed by atoms with van der Waals surface area (Å²) in [5, 5.41) is 0.793. The molecule has 0 fully saturated rings. The molecular weight excluding hydrogens is 240 g/mol. The highest BCUT2D eigenvalue weighted by atomic mass is 35.5. The predicted octanol–water partition coefficient (Wildman–Crippen LogP) is 5.23. The fourth-order valence-corrected chi connectivity index (χ4v) is 2.09. The minimum atomic E-state index is 0.221. The summed E-state index contributed by atoms with van der Waals surface area (Å²) in [6, 6.07) is 16.9. The second-order valence-electron chi connectivity index (χ2n) is 5.75.